The Bertz CT molecular complexity index is 493. The number of rotatable bonds is 3. The standard InChI is InChI=1S/C14H18N2O3/c1-16-9-5-8-11(14(18)19)12(16)13(17)15-10-6-3-2-4-7-10/h5,8-10H,2-4,6-7H2,1H3,(H-,15,17,18,19)/p+1. The van der Waals surface area contributed by atoms with E-state index in [4.69, 9.17) is 5.11 Å². The molecule has 0 spiro atoms. The van der Waals surface area contributed by atoms with Crippen molar-refractivity contribution in [2.75, 3.05) is 0 Å². The van der Waals surface area contributed by atoms with Gasteiger partial charge in [0.2, 0.25) is 0 Å². The van der Waals surface area contributed by atoms with Gasteiger partial charge in [-0.1, -0.05) is 19.3 Å². The molecule has 1 heterocycles. The van der Waals surface area contributed by atoms with E-state index >= 15 is 0 Å². The monoisotopic (exact) mass is 263 g/mol. The first-order valence-corrected chi connectivity index (χ1v) is 6.62. The number of carbonyl (C=O) groups is 2. The minimum atomic E-state index is -1.08. The molecule has 2 rings (SSSR count). The predicted molar refractivity (Wildman–Crippen MR) is 68.9 cm³/mol. The highest BCUT2D eigenvalue weighted by molar-refractivity contribution is 6.02. The van der Waals surface area contributed by atoms with Gasteiger partial charge in [-0.2, -0.15) is 4.57 Å². The fraction of sp³-hybridized carbons (Fsp3) is 0.500. The van der Waals surface area contributed by atoms with Gasteiger partial charge < -0.3 is 10.4 Å². The van der Waals surface area contributed by atoms with Gasteiger partial charge in [0.15, 0.2) is 6.20 Å². The molecule has 1 aromatic heterocycles. The first-order chi connectivity index (χ1) is 9.09. The van der Waals surface area contributed by atoms with Crippen LogP contribution in [0.1, 0.15) is 53.0 Å². The lowest BCUT2D eigenvalue weighted by Gasteiger charge is -2.22. The van der Waals surface area contributed by atoms with Gasteiger partial charge in [-0.3, -0.25) is 4.79 Å². The van der Waals surface area contributed by atoms with Crippen molar-refractivity contribution < 1.29 is 19.3 Å². The molecule has 1 amide bonds. The summed E-state index contributed by atoms with van der Waals surface area (Å²) in [5.74, 6) is -1.38. The highest BCUT2D eigenvalue weighted by Crippen LogP contribution is 2.17. The van der Waals surface area contributed by atoms with Crippen molar-refractivity contribution in [1.82, 2.24) is 5.32 Å². The zero-order valence-electron chi connectivity index (χ0n) is 11.1. The Labute approximate surface area is 112 Å². The fourth-order valence-electron chi connectivity index (χ4n) is 2.57. The number of carbonyl (C=O) groups excluding carboxylic acids is 1. The van der Waals surface area contributed by atoms with Crippen molar-refractivity contribution in [2.24, 2.45) is 7.05 Å². The highest BCUT2D eigenvalue weighted by atomic mass is 16.4. The van der Waals surface area contributed by atoms with Crippen LogP contribution in [0.3, 0.4) is 0 Å². The van der Waals surface area contributed by atoms with Crippen LogP contribution in [-0.4, -0.2) is 23.0 Å². The molecule has 0 unspecified atom stereocenters. The van der Waals surface area contributed by atoms with Gasteiger partial charge in [0.1, 0.15) is 12.6 Å². The van der Waals surface area contributed by atoms with Crippen LogP contribution in [0.4, 0.5) is 0 Å². The number of amides is 1. The van der Waals surface area contributed by atoms with E-state index in [0.29, 0.717) is 0 Å². The Hall–Kier alpha value is -1.91. The minimum Gasteiger partial charge on any atom is -0.477 e. The number of aromatic carboxylic acids is 1. The zero-order chi connectivity index (χ0) is 13.8. The zero-order valence-corrected chi connectivity index (χ0v) is 11.1. The summed E-state index contributed by atoms with van der Waals surface area (Å²) in [6, 6.07) is 3.25. The SMILES string of the molecule is C[n+]1cccc(C(=O)O)c1C(=O)NC1CCCCC1. The van der Waals surface area contributed by atoms with Gasteiger partial charge in [0.05, 0.1) is 0 Å². The number of carboxylic acids is 1. The second-order valence-electron chi connectivity index (χ2n) is 4.99. The van der Waals surface area contributed by atoms with E-state index in [1.807, 2.05) is 0 Å². The molecule has 1 aromatic rings. The van der Waals surface area contributed by atoms with Crippen LogP contribution in [-0.2, 0) is 7.05 Å². The van der Waals surface area contributed by atoms with Crippen LogP contribution >= 0.6 is 0 Å². The molecule has 5 heteroatoms. The van der Waals surface area contributed by atoms with Crippen molar-refractivity contribution >= 4 is 11.9 Å². The summed E-state index contributed by atoms with van der Waals surface area (Å²) in [7, 11) is 1.68. The summed E-state index contributed by atoms with van der Waals surface area (Å²) in [4.78, 5) is 23.4. The number of aryl methyl sites for hydroxylation is 1. The Kier molecular flexibility index (Phi) is 4.14. The van der Waals surface area contributed by atoms with Crippen molar-refractivity contribution in [3.8, 4) is 0 Å². The van der Waals surface area contributed by atoms with Gasteiger partial charge in [0, 0.05) is 12.1 Å². The van der Waals surface area contributed by atoms with E-state index in [1.54, 1.807) is 23.9 Å². The summed E-state index contributed by atoms with van der Waals surface area (Å²) >= 11 is 0. The lowest BCUT2D eigenvalue weighted by atomic mass is 9.95. The summed E-state index contributed by atoms with van der Waals surface area (Å²) in [5, 5.41) is 12.1. The van der Waals surface area contributed by atoms with E-state index < -0.39 is 5.97 Å². The number of nitrogens with zero attached hydrogens (tertiary/aromatic N) is 1. The first-order valence-electron chi connectivity index (χ1n) is 6.62. The Balaban J connectivity index is 2.20. The topological polar surface area (TPSA) is 70.3 Å². The first kappa shape index (κ1) is 13.5. The second-order valence-corrected chi connectivity index (χ2v) is 4.99. The molecule has 5 nitrogen and oxygen atoms in total. The maximum absolute atomic E-state index is 12.3. The summed E-state index contributed by atoms with van der Waals surface area (Å²) in [5.41, 5.74) is 0.249. The van der Waals surface area contributed by atoms with Crippen LogP contribution < -0.4 is 9.88 Å². The smallest absolute Gasteiger partial charge is 0.342 e. The van der Waals surface area contributed by atoms with Crippen molar-refractivity contribution in [2.45, 2.75) is 38.1 Å². The minimum absolute atomic E-state index is 0.0401. The average Bonchev–Trinajstić information content (AvgIpc) is 2.39. The third-order valence-corrected chi connectivity index (χ3v) is 3.57. The molecule has 1 aliphatic rings. The normalized spacial score (nSPS) is 16.1. The van der Waals surface area contributed by atoms with E-state index in [9.17, 15) is 9.59 Å². The summed E-state index contributed by atoms with van der Waals surface area (Å²) in [6.45, 7) is 0. The summed E-state index contributed by atoms with van der Waals surface area (Å²) < 4.78 is 1.56. The van der Waals surface area contributed by atoms with E-state index in [-0.39, 0.29) is 23.2 Å². The quantitative estimate of drug-likeness (QED) is 0.807. The van der Waals surface area contributed by atoms with Crippen molar-refractivity contribution in [3.05, 3.63) is 29.6 Å². The van der Waals surface area contributed by atoms with Crippen LogP contribution in [0.25, 0.3) is 0 Å². The van der Waals surface area contributed by atoms with Gasteiger partial charge in [-0.25, -0.2) is 4.79 Å². The Morgan fingerprint density at radius 2 is 2.00 bits per heavy atom. The molecule has 1 fully saturated rings. The third kappa shape index (κ3) is 3.10. The van der Waals surface area contributed by atoms with E-state index in [2.05, 4.69) is 5.32 Å². The molecule has 0 atom stereocenters. The Morgan fingerprint density at radius 1 is 1.32 bits per heavy atom. The highest BCUT2D eigenvalue weighted by Gasteiger charge is 2.28. The number of hydrogen-bond donors (Lipinski definition) is 2. The molecule has 0 aliphatic heterocycles. The number of pyridine rings is 1. The van der Waals surface area contributed by atoms with Crippen LogP contribution in [0, 0.1) is 0 Å². The van der Waals surface area contributed by atoms with Gasteiger partial charge >= 0.3 is 11.9 Å². The van der Waals surface area contributed by atoms with Crippen molar-refractivity contribution in [1.29, 1.82) is 0 Å². The number of carboxylic acid groups (broad SMARTS) is 1. The maximum Gasteiger partial charge on any atom is 0.342 e. The molecule has 102 valence electrons. The van der Waals surface area contributed by atoms with Gasteiger partial charge in [0.25, 0.3) is 5.69 Å². The average molecular weight is 263 g/mol. The number of aromatic nitrogens is 1. The lowest BCUT2D eigenvalue weighted by Crippen LogP contribution is -2.45. The summed E-state index contributed by atoms with van der Waals surface area (Å²) in [6.07, 6.45) is 7.10. The fourth-order valence-corrected chi connectivity index (χ4v) is 2.57. The largest absolute Gasteiger partial charge is 0.477 e. The molecule has 0 saturated heterocycles. The lowest BCUT2D eigenvalue weighted by molar-refractivity contribution is -0.673. The number of hydrogen-bond acceptors (Lipinski definition) is 2. The molecular formula is C14H19N2O3+. The molecule has 0 bridgehead atoms. The molecule has 0 aromatic carbocycles. The van der Waals surface area contributed by atoms with Crippen LogP contribution in [0.5, 0.6) is 0 Å². The van der Waals surface area contributed by atoms with Gasteiger partial charge in [-0.15, -0.1) is 0 Å². The number of nitrogens with one attached hydrogen (secondary N) is 1. The molecule has 2 N–H and O–H groups in total. The molecule has 0 radical (unpaired) electrons. The van der Waals surface area contributed by atoms with Crippen LogP contribution in [0.15, 0.2) is 18.3 Å². The van der Waals surface area contributed by atoms with Gasteiger partial charge in [-0.05, 0) is 18.9 Å². The predicted octanol–water partition coefficient (Wildman–Crippen LogP) is 1.27. The third-order valence-electron chi connectivity index (χ3n) is 3.57. The van der Waals surface area contributed by atoms with E-state index in [0.717, 1.165) is 25.7 Å². The van der Waals surface area contributed by atoms with Crippen molar-refractivity contribution in [3.63, 3.8) is 0 Å². The Morgan fingerprint density at radius 3 is 2.63 bits per heavy atom. The maximum atomic E-state index is 12.3. The van der Waals surface area contributed by atoms with Crippen LogP contribution in [0.2, 0.25) is 0 Å². The van der Waals surface area contributed by atoms with E-state index in [1.165, 1.54) is 12.5 Å². The second kappa shape index (κ2) is 5.82. The molecular weight excluding hydrogens is 244 g/mol. The molecule has 19 heavy (non-hydrogen) atoms. The molecule has 1 saturated carbocycles. The molecule has 1 aliphatic carbocycles.